The average Bonchev–Trinajstić information content (AvgIpc) is 3.01. The van der Waals surface area contributed by atoms with E-state index in [1.54, 1.807) is 50.5 Å². The summed E-state index contributed by atoms with van der Waals surface area (Å²) in [5.41, 5.74) is -0.283. The minimum Gasteiger partial charge on any atom is -0.497 e. The maximum Gasteiger partial charge on any atom is 0.310 e. The van der Waals surface area contributed by atoms with E-state index in [9.17, 15) is 14.7 Å². The highest BCUT2D eigenvalue weighted by Gasteiger charge is 2.59. The van der Waals surface area contributed by atoms with Crippen LogP contribution in [0.5, 0.6) is 5.75 Å². The van der Waals surface area contributed by atoms with E-state index >= 15 is 0 Å². The van der Waals surface area contributed by atoms with E-state index in [2.05, 4.69) is 5.32 Å². The highest BCUT2D eigenvalue weighted by atomic mass is 16.5. The zero-order chi connectivity index (χ0) is 15.9. The molecule has 0 radical (unpaired) electrons. The van der Waals surface area contributed by atoms with Gasteiger partial charge in [-0.2, -0.15) is 0 Å². The number of amides is 1. The molecule has 6 heteroatoms. The third-order valence-electron chi connectivity index (χ3n) is 4.26. The largest absolute Gasteiger partial charge is 0.497 e. The number of ether oxygens (including phenoxy) is 2. The molecule has 0 spiro atoms. The molecule has 2 aliphatic heterocycles. The molecule has 2 aliphatic rings. The first-order valence-corrected chi connectivity index (χ1v) is 6.99. The molecule has 1 aromatic carbocycles. The molecule has 2 N–H and O–H groups in total. The summed E-state index contributed by atoms with van der Waals surface area (Å²) in [4.78, 5) is 24.0. The van der Waals surface area contributed by atoms with Crippen LogP contribution in [0.2, 0.25) is 0 Å². The van der Waals surface area contributed by atoms with Crippen LogP contribution in [0.4, 0.5) is 5.69 Å². The second kappa shape index (κ2) is 5.14. The first-order chi connectivity index (χ1) is 10.4. The van der Waals surface area contributed by atoms with Gasteiger partial charge in [0.25, 0.3) is 0 Å². The maximum atomic E-state index is 12.6. The molecule has 22 heavy (non-hydrogen) atoms. The quantitative estimate of drug-likeness (QED) is 0.827. The van der Waals surface area contributed by atoms with Crippen LogP contribution < -0.4 is 10.1 Å². The number of aliphatic carboxylic acids is 1. The predicted octanol–water partition coefficient (Wildman–Crippen LogP) is 1.68. The van der Waals surface area contributed by atoms with Crippen molar-refractivity contribution in [3.63, 3.8) is 0 Å². The number of methoxy groups -OCH3 is 1. The monoisotopic (exact) mass is 303 g/mol. The van der Waals surface area contributed by atoms with Gasteiger partial charge in [-0.3, -0.25) is 9.59 Å². The number of hydrogen-bond donors (Lipinski definition) is 2. The maximum absolute atomic E-state index is 12.6. The molecule has 3 rings (SSSR count). The molecule has 0 aliphatic carbocycles. The Labute approximate surface area is 127 Å². The first kappa shape index (κ1) is 14.6. The molecule has 0 unspecified atom stereocenters. The van der Waals surface area contributed by atoms with Gasteiger partial charge in [0.05, 0.1) is 24.7 Å². The number of hydrogen-bond acceptors (Lipinski definition) is 4. The van der Waals surface area contributed by atoms with E-state index in [4.69, 9.17) is 9.47 Å². The minimum absolute atomic E-state index is 0.355. The van der Waals surface area contributed by atoms with Crippen molar-refractivity contribution in [1.82, 2.24) is 0 Å². The average molecular weight is 303 g/mol. The fraction of sp³-hybridized carbons (Fsp3) is 0.375. The Bertz CT molecular complexity index is 638. The highest BCUT2D eigenvalue weighted by molar-refractivity contribution is 5.97. The summed E-state index contributed by atoms with van der Waals surface area (Å²) in [6.45, 7) is 1.74. The molecule has 4 atom stereocenters. The number of benzene rings is 1. The van der Waals surface area contributed by atoms with E-state index in [1.165, 1.54) is 0 Å². The Morgan fingerprint density at radius 3 is 2.59 bits per heavy atom. The number of fused-ring (bicyclic) bond motifs is 2. The lowest BCUT2D eigenvalue weighted by Crippen LogP contribution is -2.44. The number of carbonyl (C=O) groups is 2. The Morgan fingerprint density at radius 1 is 1.32 bits per heavy atom. The van der Waals surface area contributed by atoms with Crippen molar-refractivity contribution >= 4 is 17.6 Å². The highest BCUT2D eigenvalue weighted by Crippen LogP contribution is 2.47. The van der Waals surface area contributed by atoms with Gasteiger partial charge in [-0.25, -0.2) is 0 Å². The van der Waals surface area contributed by atoms with Crippen molar-refractivity contribution in [3.05, 3.63) is 36.4 Å². The molecule has 1 saturated heterocycles. The van der Waals surface area contributed by atoms with E-state index in [0.29, 0.717) is 11.4 Å². The number of carboxylic acid groups (broad SMARTS) is 1. The van der Waals surface area contributed by atoms with Gasteiger partial charge in [0.2, 0.25) is 5.91 Å². The van der Waals surface area contributed by atoms with Crippen LogP contribution in [-0.4, -0.2) is 35.8 Å². The van der Waals surface area contributed by atoms with Crippen LogP contribution in [0.3, 0.4) is 0 Å². The van der Waals surface area contributed by atoms with Gasteiger partial charge in [0, 0.05) is 5.69 Å². The second-order valence-corrected chi connectivity index (χ2v) is 5.68. The normalized spacial score (nSPS) is 32.0. The van der Waals surface area contributed by atoms with Gasteiger partial charge in [-0.05, 0) is 31.2 Å². The summed E-state index contributed by atoms with van der Waals surface area (Å²) in [6, 6.07) is 6.86. The van der Waals surface area contributed by atoms with E-state index in [-0.39, 0.29) is 5.91 Å². The van der Waals surface area contributed by atoms with Crippen LogP contribution in [0, 0.1) is 11.8 Å². The smallest absolute Gasteiger partial charge is 0.310 e. The molecule has 6 nitrogen and oxygen atoms in total. The molecule has 2 heterocycles. The third kappa shape index (κ3) is 2.25. The number of nitrogens with one attached hydrogen (secondary N) is 1. The Morgan fingerprint density at radius 2 is 2.00 bits per heavy atom. The van der Waals surface area contributed by atoms with E-state index in [0.717, 1.165) is 0 Å². The Balaban J connectivity index is 1.81. The number of carbonyl (C=O) groups excluding carboxylic acids is 1. The summed E-state index contributed by atoms with van der Waals surface area (Å²) < 4.78 is 10.7. The molecular formula is C16H17NO5. The lowest BCUT2D eigenvalue weighted by atomic mass is 9.75. The van der Waals surface area contributed by atoms with Crippen molar-refractivity contribution < 1.29 is 24.2 Å². The summed E-state index contributed by atoms with van der Waals surface area (Å²) in [7, 11) is 1.56. The van der Waals surface area contributed by atoms with Gasteiger partial charge < -0.3 is 19.9 Å². The van der Waals surface area contributed by atoms with Crippen molar-refractivity contribution in [1.29, 1.82) is 0 Å². The lowest BCUT2D eigenvalue weighted by Gasteiger charge is -2.27. The van der Waals surface area contributed by atoms with Crippen LogP contribution >= 0.6 is 0 Å². The van der Waals surface area contributed by atoms with Crippen LogP contribution in [0.25, 0.3) is 0 Å². The zero-order valence-corrected chi connectivity index (χ0v) is 12.3. The summed E-state index contributed by atoms with van der Waals surface area (Å²) >= 11 is 0. The second-order valence-electron chi connectivity index (χ2n) is 5.68. The molecule has 0 aromatic heterocycles. The van der Waals surface area contributed by atoms with E-state index in [1.807, 2.05) is 0 Å². The van der Waals surface area contributed by atoms with Crippen molar-refractivity contribution in [2.75, 3.05) is 12.4 Å². The zero-order valence-electron chi connectivity index (χ0n) is 12.3. The molecule has 116 valence electrons. The number of anilines is 1. The molecule has 0 saturated carbocycles. The molecular weight excluding hydrogens is 286 g/mol. The predicted molar refractivity (Wildman–Crippen MR) is 78.7 cm³/mol. The first-order valence-electron chi connectivity index (χ1n) is 6.99. The fourth-order valence-corrected chi connectivity index (χ4v) is 3.17. The molecule has 1 amide bonds. The summed E-state index contributed by atoms with van der Waals surface area (Å²) in [5.74, 6) is -2.32. The van der Waals surface area contributed by atoms with Crippen molar-refractivity contribution in [2.24, 2.45) is 11.8 Å². The standard InChI is InChI=1S/C16H17NO5/c1-16-8-7-11(22-16)12(15(19)20)13(16)14(18)17-9-3-5-10(21-2)6-4-9/h3-8,11-13H,1-2H3,(H,17,18)(H,19,20)/t11-,12-,13+,16-/m1/s1. The SMILES string of the molecule is COc1ccc(NC(=O)[C@@H]2[C@H](C(=O)O)[C@H]3C=C[C@@]2(C)O3)cc1. The van der Waals surface area contributed by atoms with Crippen molar-refractivity contribution in [2.45, 2.75) is 18.6 Å². The fourth-order valence-electron chi connectivity index (χ4n) is 3.17. The van der Waals surface area contributed by atoms with Gasteiger partial charge in [0.15, 0.2) is 0 Å². The van der Waals surface area contributed by atoms with E-state index < -0.39 is 29.5 Å². The van der Waals surface area contributed by atoms with Crippen LogP contribution in [0.15, 0.2) is 36.4 Å². The molecule has 1 aromatic rings. The van der Waals surface area contributed by atoms with Gasteiger partial charge in [-0.15, -0.1) is 0 Å². The minimum atomic E-state index is -1.02. The molecule has 1 fully saturated rings. The van der Waals surface area contributed by atoms with Gasteiger partial charge in [-0.1, -0.05) is 12.2 Å². The van der Waals surface area contributed by atoms with Gasteiger partial charge >= 0.3 is 5.97 Å². The number of carboxylic acids is 1. The Hall–Kier alpha value is -2.34. The topological polar surface area (TPSA) is 84.9 Å². The molecule has 2 bridgehead atoms. The Kier molecular flexibility index (Phi) is 3.41. The summed E-state index contributed by atoms with van der Waals surface area (Å²) in [6.07, 6.45) is 2.94. The lowest BCUT2D eigenvalue weighted by molar-refractivity contribution is -0.146. The van der Waals surface area contributed by atoms with Crippen LogP contribution in [-0.2, 0) is 14.3 Å². The number of rotatable bonds is 4. The van der Waals surface area contributed by atoms with Gasteiger partial charge in [0.1, 0.15) is 11.7 Å². The summed E-state index contributed by atoms with van der Waals surface area (Å²) in [5, 5.41) is 12.2. The van der Waals surface area contributed by atoms with Crippen LogP contribution in [0.1, 0.15) is 6.92 Å². The third-order valence-corrected chi connectivity index (χ3v) is 4.26. The van der Waals surface area contributed by atoms with Crippen molar-refractivity contribution in [3.8, 4) is 5.75 Å².